The van der Waals surface area contributed by atoms with E-state index in [1.54, 1.807) is 24.4 Å². The molecule has 2 aromatic heterocycles. The fraction of sp³-hybridized carbons (Fsp3) is 0.0417. The van der Waals surface area contributed by atoms with Crippen LogP contribution in [0.5, 0.6) is 0 Å². The van der Waals surface area contributed by atoms with Gasteiger partial charge in [0.15, 0.2) is 9.84 Å². The van der Waals surface area contributed by atoms with Crippen LogP contribution in [0.4, 0.5) is 11.4 Å². The number of nitrogens with one attached hydrogen (secondary N) is 2. The Bertz CT molecular complexity index is 1510. The molecule has 32 heavy (non-hydrogen) atoms. The summed E-state index contributed by atoms with van der Waals surface area (Å²) in [5.74, 6) is 0.673. The maximum atomic E-state index is 11.8. The normalized spacial score (nSPS) is 11.5. The first-order valence-corrected chi connectivity index (χ1v) is 11.8. The number of sulfone groups is 1. The number of imidazole rings is 1. The van der Waals surface area contributed by atoms with E-state index >= 15 is 0 Å². The van der Waals surface area contributed by atoms with Crippen molar-refractivity contribution in [2.45, 2.75) is 4.90 Å². The summed E-state index contributed by atoms with van der Waals surface area (Å²) in [6.45, 7) is 0. The molecular weight excluding hydrogens is 422 g/mol. The highest BCUT2D eigenvalue weighted by Gasteiger charge is 2.11. The smallest absolute Gasteiger partial charge is 0.175 e. The predicted octanol–water partition coefficient (Wildman–Crippen LogP) is 4.83. The summed E-state index contributed by atoms with van der Waals surface area (Å²) >= 11 is 0. The molecule has 0 amide bonds. The highest BCUT2D eigenvalue weighted by atomic mass is 32.2. The maximum absolute atomic E-state index is 11.8. The van der Waals surface area contributed by atoms with Crippen molar-refractivity contribution in [1.29, 1.82) is 0 Å². The zero-order chi connectivity index (χ0) is 22.1. The van der Waals surface area contributed by atoms with Crippen LogP contribution in [-0.4, -0.2) is 34.8 Å². The van der Waals surface area contributed by atoms with Crippen molar-refractivity contribution in [2.24, 2.45) is 0 Å². The summed E-state index contributed by atoms with van der Waals surface area (Å²) in [7, 11) is -3.28. The third kappa shape index (κ3) is 4.08. The Kier molecular flexibility index (Phi) is 4.91. The number of aromatic nitrogens is 4. The first-order valence-electron chi connectivity index (χ1n) is 9.91. The van der Waals surface area contributed by atoms with Gasteiger partial charge in [-0.2, -0.15) is 10.2 Å². The number of rotatable bonds is 5. The molecule has 3 aromatic carbocycles. The fourth-order valence-corrected chi connectivity index (χ4v) is 4.09. The minimum absolute atomic E-state index is 0.264. The highest BCUT2D eigenvalue weighted by molar-refractivity contribution is 7.90. The summed E-state index contributed by atoms with van der Waals surface area (Å²) in [6, 6.07) is 24.5. The number of benzene rings is 3. The van der Waals surface area contributed by atoms with Crippen molar-refractivity contribution in [3.05, 3.63) is 85.1 Å². The van der Waals surface area contributed by atoms with Crippen molar-refractivity contribution in [1.82, 2.24) is 20.2 Å². The summed E-state index contributed by atoms with van der Waals surface area (Å²) in [6.07, 6.45) is 2.85. The molecule has 7 nitrogen and oxygen atoms in total. The molecule has 0 bridgehead atoms. The minimum atomic E-state index is -3.28. The first kappa shape index (κ1) is 19.9. The molecule has 5 rings (SSSR count). The lowest BCUT2D eigenvalue weighted by molar-refractivity contribution is 0.602. The Morgan fingerprint density at radius 2 is 1.69 bits per heavy atom. The maximum Gasteiger partial charge on any atom is 0.175 e. The van der Waals surface area contributed by atoms with E-state index in [0.29, 0.717) is 16.9 Å². The average molecular weight is 442 g/mol. The van der Waals surface area contributed by atoms with Gasteiger partial charge in [0, 0.05) is 35.0 Å². The lowest BCUT2D eigenvalue weighted by Crippen LogP contribution is -1.96. The van der Waals surface area contributed by atoms with Gasteiger partial charge in [0.25, 0.3) is 0 Å². The molecule has 0 aliphatic heterocycles. The van der Waals surface area contributed by atoms with Crippen LogP contribution in [0.25, 0.3) is 33.7 Å². The van der Waals surface area contributed by atoms with Gasteiger partial charge in [-0.05, 0) is 54.6 Å². The molecule has 0 aliphatic carbocycles. The number of nitrogens with zero attached hydrogens (tertiary/aromatic N) is 3. The van der Waals surface area contributed by atoms with Crippen molar-refractivity contribution < 1.29 is 8.42 Å². The fourth-order valence-electron chi connectivity index (χ4n) is 3.45. The lowest BCUT2D eigenvalue weighted by Gasteiger charge is -2.08. The molecule has 0 saturated carbocycles. The second kappa shape index (κ2) is 7.90. The number of anilines is 2. The summed E-state index contributed by atoms with van der Waals surface area (Å²) in [4.78, 5) is 8.10. The lowest BCUT2D eigenvalue weighted by atomic mass is 10.1. The monoisotopic (exact) mass is 441 g/mol. The van der Waals surface area contributed by atoms with E-state index in [0.717, 1.165) is 28.2 Å². The molecule has 0 spiro atoms. The van der Waals surface area contributed by atoms with Crippen LogP contribution in [0.15, 0.2) is 90.0 Å². The van der Waals surface area contributed by atoms with Crippen LogP contribution in [0.1, 0.15) is 0 Å². The SMILES string of the molecule is CS(=O)(=O)c1ccc2nc(-c3cccc(Nc4ccc(-c5cccnn5)cc4)c3)[nH]c2c1. The van der Waals surface area contributed by atoms with Crippen molar-refractivity contribution in [3.8, 4) is 22.6 Å². The molecule has 5 aromatic rings. The van der Waals surface area contributed by atoms with Gasteiger partial charge in [-0.3, -0.25) is 0 Å². The molecule has 0 aliphatic rings. The zero-order valence-corrected chi connectivity index (χ0v) is 18.0. The topological polar surface area (TPSA) is 101 Å². The van der Waals surface area contributed by atoms with E-state index in [1.165, 1.54) is 6.26 Å². The Balaban J connectivity index is 1.40. The van der Waals surface area contributed by atoms with E-state index < -0.39 is 9.84 Å². The van der Waals surface area contributed by atoms with Gasteiger partial charge in [0.1, 0.15) is 5.82 Å². The Morgan fingerprint density at radius 3 is 2.44 bits per heavy atom. The third-order valence-electron chi connectivity index (χ3n) is 5.06. The quantitative estimate of drug-likeness (QED) is 0.405. The Hall–Kier alpha value is -4.04. The highest BCUT2D eigenvalue weighted by Crippen LogP contribution is 2.27. The summed E-state index contributed by atoms with van der Waals surface area (Å²) < 4.78 is 23.6. The van der Waals surface area contributed by atoms with Gasteiger partial charge in [0.2, 0.25) is 0 Å². The largest absolute Gasteiger partial charge is 0.356 e. The number of aromatic amines is 1. The number of hydrogen-bond donors (Lipinski definition) is 2. The number of H-pyrrole nitrogens is 1. The Morgan fingerprint density at radius 1 is 0.844 bits per heavy atom. The molecule has 0 unspecified atom stereocenters. The molecule has 0 fully saturated rings. The van der Waals surface area contributed by atoms with Gasteiger partial charge >= 0.3 is 0 Å². The molecule has 2 heterocycles. The second-order valence-electron chi connectivity index (χ2n) is 7.43. The van der Waals surface area contributed by atoms with Crippen LogP contribution < -0.4 is 5.32 Å². The molecule has 0 radical (unpaired) electrons. The van der Waals surface area contributed by atoms with E-state index in [9.17, 15) is 8.42 Å². The van der Waals surface area contributed by atoms with Crippen molar-refractivity contribution >= 4 is 32.2 Å². The van der Waals surface area contributed by atoms with E-state index in [-0.39, 0.29) is 4.90 Å². The van der Waals surface area contributed by atoms with Crippen molar-refractivity contribution in [2.75, 3.05) is 11.6 Å². The summed E-state index contributed by atoms with van der Waals surface area (Å²) in [5, 5.41) is 11.4. The van der Waals surface area contributed by atoms with Crippen LogP contribution in [0.2, 0.25) is 0 Å². The molecule has 2 N–H and O–H groups in total. The molecule has 0 atom stereocenters. The minimum Gasteiger partial charge on any atom is -0.356 e. The van der Waals surface area contributed by atoms with Gasteiger partial charge < -0.3 is 10.3 Å². The second-order valence-corrected chi connectivity index (χ2v) is 9.44. The molecule has 8 heteroatoms. The average Bonchev–Trinajstić information content (AvgIpc) is 3.23. The van der Waals surface area contributed by atoms with Gasteiger partial charge in [-0.25, -0.2) is 13.4 Å². The van der Waals surface area contributed by atoms with E-state index in [2.05, 4.69) is 25.5 Å². The molecule has 0 saturated heterocycles. The predicted molar refractivity (Wildman–Crippen MR) is 125 cm³/mol. The van der Waals surface area contributed by atoms with Gasteiger partial charge in [0.05, 0.1) is 21.6 Å². The third-order valence-corrected chi connectivity index (χ3v) is 6.17. The first-order chi connectivity index (χ1) is 15.5. The zero-order valence-electron chi connectivity index (χ0n) is 17.1. The Labute approximate surface area is 185 Å². The van der Waals surface area contributed by atoms with E-state index in [4.69, 9.17) is 0 Å². The van der Waals surface area contributed by atoms with Crippen molar-refractivity contribution in [3.63, 3.8) is 0 Å². The van der Waals surface area contributed by atoms with Crippen LogP contribution >= 0.6 is 0 Å². The van der Waals surface area contributed by atoms with Gasteiger partial charge in [-0.1, -0.05) is 24.3 Å². The van der Waals surface area contributed by atoms with Crippen LogP contribution in [0, 0.1) is 0 Å². The van der Waals surface area contributed by atoms with E-state index in [1.807, 2.05) is 60.7 Å². The number of hydrogen-bond acceptors (Lipinski definition) is 6. The number of fused-ring (bicyclic) bond motifs is 1. The van der Waals surface area contributed by atoms with Crippen LogP contribution in [0.3, 0.4) is 0 Å². The molecular formula is C24H19N5O2S. The summed E-state index contributed by atoms with van der Waals surface area (Å²) in [5.41, 5.74) is 5.96. The molecule has 158 valence electrons. The van der Waals surface area contributed by atoms with Gasteiger partial charge in [-0.15, -0.1) is 0 Å². The van der Waals surface area contributed by atoms with Crippen LogP contribution in [-0.2, 0) is 9.84 Å². The standard InChI is InChI=1S/C24H19N5O2S/c1-32(30,31)20-11-12-22-23(15-20)28-24(27-22)17-4-2-5-19(14-17)26-18-9-7-16(8-10-18)21-6-3-13-25-29-21/h2-15,26H,1H3,(H,27,28).